The number of rotatable bonds is 4. The minimum atomic E-state index is -0.540. The summed E-state index contributed by atoms with van der Waals surface area (Å²) in [6, 6.07) is 28.7. The van der Waals surface area contributed by atoms with Crippen molar-refractivity contribution >= 4 is 39.7 Å². The Bertz CT molecular complexity index is 1360. The molecule has 0 bridgehead atoms. The highest BCUT2D eigenvalue weighted by atomic mass is 16.2. The summed E-state index contributed by atoms with van der Waals surface area (Å²) in [5.74, 6) is -0.740. The zero-order chi connectivity index (χ0) is 21.4. The molecule has 0 spiro atoms. The van der Waals surface area contributed by atoms with E-state index in [-0.39, 0.29) is 5.91 Å². The molecule has 4 aromatic carbocycles. The summed E-state index contributed by atoms with van der Waals surface area (Å²) in [6.45, 7) is 0.403. The second kappa shape index (κ2) is 7.54. The number of carbonyl (C=O) groups excluding carboxylic acids is 2. The van der Waals surface area contributed by atoms with Gasteiger partial charge in [0.2, 0.25) is 5.91 Å². The lowest BCUT2D eigenvalue weighted by atomic mass is 10.1. The summed E-state index contributed by atoms with van der Waals surface area (Å²) in [4.78, 5) is 31.4. The van der Waals surface area contributed by atoms with E-state index in [0.717, 1.165) is 22.0 Å². The monoisotopic (exact) mass is 405 g/mol. The summed E-state index contributed by atoms with van der Waals surface area (Å²) in [5.41, 5.74) is 9.16. The molecule has 5 rings (SSSR count). The summed E-state index contributed by atoms with van der Waals surface area (Å²) in [7, 11) is 0. The number of hydrogen-bond acceptors (Lipinski definition) is 3. The van der Waals surface area contributed by atoms with Gasteiger partial charge in [0.25, 0.3) is 5.91 Å². The molecule has 5 nitrogen and oxygen atoms in total. The zero-order valence-electron chi connectivity index (χ0n) is 16.7. The van der Waals surface area contributed by atoms with E-state index in [4.69, 9.17) is 5.73 Å². The van der Waals surface area contributed by atoms with Crippen LogP contribution in [0, 0.1) is 0 Å². The number of nitrogens with zero attached hydrogens (tertiary/aromatic N) is 2. The normalized spacial score (nSPS) is 14.3. The molecule has 4 aromatic rings. The fourth-order valence-electron chi connectivity index (χ4n) is 3.88. The SMILES string of the molecule is NC(=O)c1ccc2c(c1)/C(=N/c1ccccc1)C(=O)N2Cc1ccc2ccccc2c1. The fraction of sp³-hybridized carbons (Fsp3) is 0.0385. The van der Waals surface area contributed by atoms with Gasteiger partial charge < -0.3 is 10.6 Å². The Morgan fingerprint density at radius 3 is 2.35 bits per heavy atom. The van der Waals surface area contributed by atoms with Crippen molar-refractivity contribution in [2.24, 2.45) is 10.7 Å². The maximum absolute atomic E-state index is 13.4. The Kier molecular flexibility index (Phi) is 4.56. The standard InChI is InChI=1S/C26H19N3O2/c27-25(30)20-12-13-23-22(15-20)24(28-21-8-2-1-3-9-21)26(31)29(23)16-17-10-11-18-6-4-5-7-19(18)14-17/h1-15H,16H2,(H2,27,30)/b28-24-. The number of benzene rings is 4. The lowest BCUT2D eigenvalue weighted by Crippen LogP contribution is -2.29. The number of aliphatic imine (C=N–C) groups is 1. The van der Waals surface area contributed by atoms with Gasteiger partial charge in [-0.15, -0.1) is 0 Å². The van der Waals surface area contributed by atoms with Crippen molar-refractivity contribution < 1.29 is 9.59 Å². The van der Waals surface area contributed by atoms with Crippen LogP contribution in [0.5, 0.6) is 0 Å². The molecule has 0 aromatic heterocycles. The molecule has 2 amide bonds. The van der Waals surface area contributed by atoms with Gasteiger partial charge in [-0.2, -0.15) is 0 Å². The van der Waals surface area contributed by atoms with Crippen molar-refractivity contribution in [1.82, 2.24) is 0 Å². The van der Waals surface area contributed by atoms with Crippen LogP contribution in [0.4, 0.5) is 11.4 Å². The van der Waals surface area contributed by atoms with Gasteiger partial charge >= 0.3 is 0 Å². The van der Waals surface area contributed by atoms with Crippen LogP contribution in [0.25, 0.3) is 10.8 Å². The minimum Gasteiger partial charge on any atom is -0.366 e. The number of para-hydroxylation sites is 1. The molecular weight excluding hydrogens is 386 g/mol. The highest BCUT2D eigenvalue weighted by Crippen LogP contribution is 2.33. The molecule has 0 saturated carbocycles. The minimum absolute atomic E-state index is 0.200. The van der Waals surface area contributed by atoms with Crippen LogP contribution in [-0.2, 0) is 11.3 Å². The van der Waals surface area contributed by atoms with E-state index in [9.17, 15) is 9.59 Å². The Labute approximate surface area is 179 Å². The average Bonchev–Trinajstić information content (AvgIpc) is 3.05. The number of primary amides is 1. The van der Waals surface area contributed by atoms with Gasteiger partial charge in [0.1, 0.15) is 5.71 Å². The summed E-state index contributed by atoms with van der Waals surface area (Å²) < 4.78 is 0. The lowest BCUT2D eigenvalue weighted by Gasteiger charge is -2.17. The zero-order valence-corrected chi connectivity index (χ0v) is 16.7. The van der Waals surface area contributed by atoms with Gasteiger partial charge in [-0.25, -0.2) is 4.99 Å². The molecule has 0 unspecified atom stereocenters. The van der Waals surface area contributed by atoms with Crippen LogP contribution in [0.3, 0.4) is 0 Å². The lowest BCUT2D eigenvalue weighted by molar-refractivity contribution is -0.112. The number of hydrogen-bond donors (Lipinski definition) is 1. The molecule has 0 atom stereocenters. The van der Waals surface area contributed by atoms with Crippen LogP contribution in [0.2, 0.25) is 0 Å². The van der Waals surface area contributed by atoms with Gasteiger partial charge in [0.05, 0.1) is 17.9 Å². The molecule has 0 radical (unpaired) electrons. The maximum Gasteiger partial charge on any atom is 0.277 e. The van der Waals surface area contributed by atoms with Gasteiger partial charge in [-0.3, -0.25) is 9.59 Å². The molecule has 0 saturated heterocycles. The molecule has 0 aliphatic carbocycles. The molecule has 150 valence electrons. The maximum atomic E-state index is 13.4. The molecule has 1 aliphatic rings. The van der Waals surface area contributed by atoms with Crippen LogP contribution < -0.4 is 10.6 Å². The van der Waals surface area contributed by atoms with E-state index in [1.165, 1.54) is 0 Å². The summed E-state index contributed by atoms with van der Waals surface area (Å²) >= 11 is 0. The third kappa shape index (κ3) is 3.46. The largest absolute Gasteiger partial charge is 0.366 e. The first-order chi connectivity index (χ1) is 15.1. The van der Waals surface area contributed by atoms with Crippen molar-refractivity contribution in [1.29, 1.82) is 0 Å². The number of carbonyl (C=O) groups is 2. The van der Waals surface area contributed by atoms with Gasteiger partial charge in [0, 0.05) is 11.1 Å². The second-order valence-corrected chi connectivity index (χ2v) is 7.46. The van der Waals surface area contributed by atoms with Gasteiger partial charge in [0.15, 0.2) is 0 Å². The van der Waals surface area contributed by atoms with Gasteiger partial charge in [-0.1, -0.05) is 54.6 Å². The predicted molar refractivity (Wildman–Crippen MR) is 123 cm³/mol. The second-order valence-electron chi connectivity index (χ2n) is 7.46. The predicted octanol–water partition coefficient (Wildman–Crippen LogP) is 4.61. The summed E-state index contributed by atoms with van der Waals surface area (Å²) in [6.07, 6.45) is 0. The molecule has 1 aliphatic heterocycles. The van der Waals surface area contributed by atoms with Crippen LogP contribution in [0.1, 0.15) is 21.5 Å². The van der Waals surface area contributed by atoms with Crippen LogP contribution >= 0.6 is 0 Å². The van der Waals surface area contributed by atoms with Crippen molar-refractivity contribution in [2.45, 2.75) is 6.54 Å². The highest BCUT2D eigenvalue weighted by molar-refractivity contribution is 6.54. The van der Waals surface area contributed by atoms with E-state index in [0.29, 0.717) is 29.1 Å². The van der Waals surface area contributed by atoms with E-state index in [2.05, 4.69) is 29.3 Å². The number of anilines is 1. The topological polar surface area (TPSA) is 75.8 Å². The first kappa shape index (κ1) is 18.8. The smallest absolute Gasteiger partial charge is 0.277 e. The Morgan fingerprint density at radius 1 is 0.839 bits per heavy atom. The third-order valence-corrected chi connectivity index (χ3v) is 5.43. The Morgan fingerprint density at radius 2 is 1.58 bits per heavy atom. The Balaban J connectivity index is 1.59. The molecule has 31 heavy (non-hydrogen) atoms. The number of fused-ring (bicyclic) bond motifs is 2. The van der Waals surface area contributed by atoms with E-state index < -0.39 is 5.91 Å². The molecular formula is C26H19N3O2. The van der Waals surface area contributed by atoms with Crippen LogP contribution in [-0.4, -0.2) is 17.5 Å². The first-order valence-corrected chi connectivity index (χ1v) is 9.98. The quantitative estimate of drug-likeness (QED) is 0.538. The van der Waals surface area contributed by atoms with Crippen molar-refractivity contribution in [2.75, 3.05) is 4.90 Å². The molecule has 0 fully saturated rings. The number of amides is 2. The van der Waals surface area contributed by atoms with Crippen molar-refractivity contribution in [3.05, 3.63) is 108 Å². The van der Waals surface area contributed by atoms with E-state index in [1.54, 1.807) is 23.1 Å². The molecule has 2 N–H and O–H groups in total. The van der Waals surface area contributed by atoms with Gasteiger partial charge in [-0.05, 0) is 52.7 Å². The Hall–Kier alpha value is -4.25. The van der Waals surface area contributed by atoms with Crippen molar-refractivity contribution in [3.63, 3.8) is 0 Å². The van der Waals surface area contributed by atoms with E-state index in [1.807, 2.05) is 48.5 Å². The van der Waals surface area contributed by atoms with Crippen molar-refractivity contribution in [3.8, 4) is 0 Å². The fourth-order valence-corrected chi connectivity index (χ4v) is 3.88. The molecule has 5 heteroatoms. The average molecular weight is 405 g/mol. The summed E-state index contributed by atoms with van der Waals surface area (Å²) in [5, 5.41) is 2.27. The third-order valence-electron chi connectivity index (χ3n) is 5.43. The van der Waals surface area contributed by atoms with E-state index >= 15 is 0 Å². The highest BCUT2D eigenvalue weighted by Gasteiger charge is 2.34. The first-order valence-electron chi connectivity index (χ1n) is 9.98. The number of nitrogens with two attached hydrogens (primary N) is 1. The van der Waals surface area contributed by atoms with Crippen LogP contribution in [0.15, 0.2) is 96.0 Å². The molecule has 1 heterocycles.